The van der Waals surface area contributed by atoms with Crippen molar-refractivity contribution in [3.8, 4) is 0 Å². The van der Waals surface area contributed by atoms with Crippen molar-refractivity contribution in [2.75, 3.05) is 5.32 Å². The van der Waals surface area contributed by atoms with Crippen LogP contribution in [0.1, 0.15) is 10.5 Å². The summed E-state index contributed by atoms with van der Waals surface area (Å²) in [7, 11) is 0. The first-order valence-electron chi connectivity index (χ1n) is 4.30. The van der Waals surface area contributed by atoms with Crippen LogP contribution in [0, 0.1) is 0 Å². The number of anilines is 1. The molecule has 0 atom stereocenters. The summed E-state index contributed by atoms with van der Waals surface area (Å²) in [5, 5.41) is 3.05. The Hall–Kier alpha value is -1.89. The number of rotatable bonds is 3. The van der Waals surface area contributed by atoms with Gasteiger partial charge in [-0.2, -0.15) is 0 Å². The summed E-state index contributed by atoms with van der Waals surface area (Å²) in [5.74, 6) is -0.654. The highest BCUT2D eigenvalue weighted by Gasteiger charge is 2.16. The van der Waals surface area contributed by atoms with Gasteiger partial charge >= 0.3 is 0 Å². The molecule has 6 nitrogen and oxygen atoms in total. The largest absolute Gasteiger partial charge is 0.364 e. The highest BCUT2D eigenvalue weighted by atomic mass is 79.9. The molecule has 7 heteroatoms. The molecule has 2 aromatic rings. The highest BCUT2D eigenvalue weighted by molar-refractivity contribution is 9.10. The van der Waals surface area contributed by atoms with Crippen LogP contribution in [0.3, 0.4) is 0 Å². The van der Waals surface area contributed by atoms with Gasteiger partial charge in [0.05, 0.1) is 5.69 Å². The molecule has 16 heavy (non-hydrogen) atoms. The molecule has 82 valence electrons. The normalized spacial score (nSPS) is 10.3. The monoisotopic (exact) mass is 282 g/mol. The minimum Gasteiger partial charge on any atom is -0.364 e. The van der Waals surface area contributed by atoms with E-state index in [0.717, 1.165) is 4.47 Å². The van der Waals surface area contributed by atoms with Crippen molar-refractivity contribution in [3.05, 3.63) is 22.4 Å². The number of halogens is 1. The van der Waals surface area contributed by atoms with Crippen molar-refractivity contribution in [1.29, 1.82) is 0 Å². The second kappa shape index (κ2) is 3.93. The Morgan fingerprint density at radius 2 is 2.38 bits per heavy atom. The van der Waals surface area contributed by atoms with Gasteiger partial charge in [-0.1, -0.05) is 0 Å². The molecule has 2 rings (SSSR count). The van der Waals surface area contributed by atoms with Crippen LogP contribution in [-0.2, 0) is 4.79 Å². The lowest BCUT2D eigenvalue weighted by Gasteiger charge is -1.98. The first-order chi connectivity index (χ1) is 7.63. The predicted octanol–water partition coefficient (Wildman–Crippen LogP) is 0.993. The molecule has 0 aliphatic rings. The lowest BCUT2D eigenvalue weighted by atomic mass is 10.2. The number of pyridine rings is 1. The molecule has 2 aromatic heterocycles. The van der Waals surface area contributed by atoms with Crippen LogP contribution >= 0.6 is 15.9 Å². The van der Waals surface area contributed by atoms with Gasteiger partial charge in [-0.3, -0.25) is 9.59 Å². The number of carbonyl (C=O) groups excluding carboxylic acids is 2. The lowest BCUT2D eigenvalue weighted by molar-refractivity contribution is -0.105. The van der Waals surface area contributed by atoms with E-state index < -0.39 is 5.91 Å². The zero-order valence-electron chi connectivity index (χ0n) is 7.95. The molecule has 0 saturated heterocycles. The topological polar surface area (TPSA) is 101 Å². The van der Waals surface area contributed by atoms with E-state index in [2.05, 4.69) is 31.2 Å². The number of nitrogens with one attached hydrogen (secondary N) is 2. The Morgan fingerprint density at radius 3 is 3.00 bits per heavy atom. The van der Waals surface area contributed by atoms with Gasteiger partial charge in [0.25, 0.3) is 5.91 Å². The standard InChI is InChI=1S/C9H7BrN4O2/c10-4-1-5-6(13-3-15)7(8(11)16)14-9(5)12-2-4/h1-3H,(H2,11,16)(H,12,14)(H,13,15). The van der Waals surface area contributed by atoms with Crippen molar-refractivity contribution < 1.29 is 9.59 Å². The number of H-pyrrole nitrogens is 1. The average Bonchev–Trinajstić information content (AvgIpc) is 2.58. The van der Waals surface area contributed by atoms with Gasteiger partial charge < -0.3 is 16.0 Å². The van der Waals surface area contributed by atoms with E-state index in [1.165, 1.54) is 0 Å². The Bertz CT molecular complexity index is 578. The van der Waals surface area contributed by atoms with Crippen LogP contribution in [0.4, 0.5) is 5.69 Å². The second-order valence-electron chi connectivity index (χ2n) is 3.05. The van der Waals surface area contributed by atoms with Gasteiger partial charge in [-0.05, 0) is 22.0 Å². The number of primary amides is 1. The van der Waals surface area contributed by atoms with Gasteiger partial charge in [0.15, 0.2) is 0 Å². The van der Waals surface area contributed by atoms with Crippen LogP contribution in [0.2, 0.25) is 0 Å². The molecule has 2 amide bonds. The first kappa shape index (κ1) is 10.6. The molecule has 0 aliphatic heterocycles. The van der Waals surface area contributed by atoms with Crippen LogP contribution in [0.5, 0.6) is 0 Å². The maximum Gasteiger partial charge on any atom is 0.267 e. The van der Waals surface area contributed by atoms with E-state index in [9.17, 15) is 9.59 Å². The summed E-state index contributed by atoms with van der Waals surface area (Å²) in [6.45, 7) is 0. The minimum absolute atomic E-state index is 0.132. The molecule has 2 heterocycles. The molecule has 0 unspecified atom stereocenters. The molecule has 0 aromatic carbocycles. The third-order valence-corrected chi connectivity index (χ3v) is 2.50. The van der Waals surface area contributed by atoms with Crippen molar-refractivity contribution in [3.63, 3.8) is 0 Å². The van der Waals surface area contributed by atoms with Crippen molar-refractivity contribution in [2.24, 2.45) is 5.73 Å². The molecule has 0 spiro atoms. The van der Waals surface area contributed by atoms with E-state index in [-0.39, 0.29) is 5.69 Å². The van der Waals surface area contributed by atoms with Crippen LogP contribution < -0.4 is 11.1 Å². The van der Waals surface area contributed by atoms with E-state index in [0.29, 0.717) is 23.1 Å². The number of fused-ring (bicyclic) bond motifs is 1. The zero-order valence-corrected chi connectivity index (χ0v) is 9.54. The average molecular weight is 283 g/mol. The number of hydrogen-bond donors (Lipinski definition) is 3. The fourth-order valence-corrected chi connectivity index (χ4v) is 1.77. The summed E-state index contributed by atoms with van der Waals surface area (Å²) in [4.78, 5) is 28.4. The quantitative estimate of drug-likeness (QED) is 0.732. The van der Waals surface area contributed by atoms with Crippen molar-refractivity contribution in [2.45, 2.75) is 0 Å². The van der Waals surface area contributed by atoms with Crippen LogP contribution in [0.15, 0.2) is 16.7 Å². The molecular formula is C9H7BrN4O2. The number of nitrogens with two attached hydrogens (primary N) is 1. The fourth-order valence-electron chi connectivity index (χ4n) is 1.44. The van der Waals surface area contributed by atoms with E-state index >= 15 is 0 Å². The highest BCUT2D eigenvalue weighted by Crippen LogP contribution is 2.27. The first-order valence-corrected chi connectivity index (χ1v) is 5.10. The van der Waals surface area contributed by atoms with Crippen molar-refractivity contribution in [1.82, 2.24) is 9.97 Å². The zero-order chi connectivity index (χ0) is 11.7. The minimum atomic E-state index is -0.654. The molecule has 0 saturated carbocycles. The summed E-state index contributed by atoms with van der Waals surface area (Å²) < 4.78 is 0.740. The smallest absolute Gasteiger partial charge is 0.267 e. The van der Waals surface area contributed by atoms with Crippen LogP contribution in [-0.4, -0.2) is 22.3 Å². The third-order valence-electron chi connectivity index (χ3n) is 2.07. The van der Waals surface area contributed by atoms with Gasteiger partial charge in [-0.15, -0.1) is 0 Å². The molecule has 0 aliphatic carbocycles. The third kappa shape index (κ3) is 1.65. The van der Waals surface area contributed by atoms with Crippen LogP contribution in [0.25, 0.3) is 11.0 Å². The Kier molecular flexibility index (Phi) is 2.61. The lowest BCUT2D eigenvalue weighted by Crippen LogP contribution is -2.13. The maximum atomic E-state index is 11.1. The molecule has 0 fully saturated rings. The SMILES string of the molecule is NC(=O)c1[nH]c2ncc(Br)cc2c1NC=O. The fraction of sp³-hybridized carbons (Fsp3) is 0. The number of nitrogens with zero attached hydrogens (tertiary/aromatic N) is 1. The van der Waals surface area contributed by atoms with E-state index in [1.54, 1.807) is 12.3 Å². The summed E-state index contributed by atoms with van der Waals surface area (Å²) in [6.07, 6.45) is 2.06. The van der Waals surface area contributed by atoms with Gasteiger partial charge in [-0.25, -0.2) is 4.98 Å². The van der Waals surface area contributed by atoms with Gasteiger partial charge in [0, 0.05) is 16.1 Å². The van der Waals surface area contributed by atoms with E-state index in [4.69, 9.17) is 5.73 Å². The van der Waals surface area contributed by atoms with Crippen molar-refractivity contribution >= 4 is 45.0 Å². The molecule has 0 bridgehead atoms. The summed E-state index contributed by atoms with van der Waals surface area (Å²) in [5.41, 5.74) is 6.14. The number of hydrogen-bond acceptors (Lipinski definition) is 3. The number of aromatic amines is 1. The molecule has 0 radical (unpaired) electrons. The maximum absolute atomic E-state index is 11.1. The van der Waals surface area contributed by atoms with Gasteiger partial charge in [0.2, 0.25) is 6.41 Å². The summed E-state index contributed by atoms with van der Waals surface area (Å²) >= 11 is 3.26. The Labute approximate surface area is 98.4 Å². The number of aromatic nitrogens is 2. The van der Waals surface area contributed by atoms with E-state index in [1.807, 2.05) is 0 Å². The predicted molar refractivity (Wildman–Crippen MR) is 62.0 cm³/mol. The van der Waals surface area contributed by atoms with Gasteiger partial charge in [0.1, 0.15) is 11.3 Å². The number of carbonyl (C=O) groups is 2. The number of amides is 2. The Morgan fingerprint density at radius 1 is 1.62 bits per heavy atom. The molecular weight excluding hydrogens is 276 g/mol. The second-order valence-corrected chi connectivity index (χ2v) is 3.97. The Balaban J connectivity index is 2.76. The summed E-state index contributed by atoms with van der Waals surface area (Å²) in [6, 6.07) is 1.73. The molecule has 4 N–H and O–H groups in total.